The van der Waals surface area contributed by atoms with E-state index in [2.05, 4.69) is 15.9 Å². The second-order valence-electron chi connectivity index (χ2n) is 3.96. The van der Waals surface area contributed by atoms with Gasteiger partial charge in [0.15, 0.2) is 0 Å². The van der Waals surface area contributed by atoms with Crippen molar-refractivity contribution < 1.29 is 26.7 Å². The van der Waals surface area contributed by atoms with Gasteiger partial charge in [-0.25, -0.2) is 8.42 Å². The SMILES string of the molecule is CCCN(CC(F)(F)F)S(=O)(=O)c1cc(CO)sc1Br. The molecule has 1 rings (SSSR count). The highest BCUT2D eigenvalue weighted by Crippen LogP contribution is 2.34. The minimum atomic E-state index is -4.61. The Morgan fingerprint density at radius 2 is 2.05 bits per heavy atom. The molecule has 0 aliphatic carbocycles. The van der Waals surface area contributed by atoms with Crippen LogP contribution in [0.5, 0.6) is 0 Å². The first-order chi connectivity index (χ1) is 9.11. The molecule has 116 valence electrons. The second-order valence-corrected chi connectivity index (χ2v) is 8.32. The maximum absolute atomic E-state index is 12.5. The molecular formula is C10H13BrF3NO3S2. The van der Waals surface area contributed by atoms with E-state index in [-0.39, 0.29) is 28.3 Å². The zero-order valence-electron chi connectivity index (χ0n) is 10.4. The molecule has 1 aromatic rings. The van der Waals surface area contributed by atoms with Gasteiger partial charge in [0.05, 0.1) is 10.4 Å². The summed E-state index contributed by atoms with van der Waals surface area (Å²) in [5, 5.41) is 8.97. The Morgan fingerprint density at radius 3 is 2.45 bits per heavy atom. The van der Waals surface area contributed by atoms with Gasteiger partial charge in [0.2, 0.25) is 10.0 Å². The number of halogens is 4. The summed E-state index contributed by atoms with van der Waals surface area (Å²) >= 11 is 3.99. The molecule has 0 aliphatic rings. The second kappa shape index (κ2) is 6.73. The fourth-order valence-corrected chi connectivity index (χ4v) is 5.53. The van der Waals surface area contributed by atoms with Gasteiger partial charge in [-0.2, -0.15) is 17.5 Å². The summed E-state index contributed by atoms with van der Waals surface area (Å²) in [6, 6.07) is 1.18. The summed E-state index contributed by atoms with van der Waals surface area (Å²) < 4.78 is 62.6. The van der Waals surface area contributed by atoms with Crippen LogP contribution >= 0.6 is 27.3 Å². The first kappa shape index (κ1) is 17.9. The largest absolute Gasteiger partial charge is 0.402 e. The topological polar surface area (TPSA) is 57.6 Å². The van der Waals surface area contributed by atoms with Crippen LogP contribution < -0.4 is 0 Å². The lowest BCUT2D eigenvalue weighted by Gasteiger charge is -2.22. The lowest BCUT2D eigenvalue weighted by molar-refractivity contribution is -0.136. The van der Waals surface area contributed by atoms with Crippen molar-refractivity contribution in [1.82, 2.24) is 4.31 Å². The van der Waals surface area contributed by atoms with E-state index in [1.54, 1.807) is 6.92 Å². The minimum Gasteiger partial charge on any atom is -0.391 e. The highest BCUT2D eigenvalue weighted by atomic mass is 79.9. The normalized spacial score (nSPS) is 13.2. The maximum Gasteiger partial charge on any atom is 0.402 e. The zero-order valence-corrected chi connectivity index (χ0v) is 13.7. The van der Waals surface area contributed by atoms with Gasteiger partial charge in [-0.15, -0.1) is 11.3 Å². The van der Waals surface area contributed by atoms with Gasteiger partial charge in [-0.3, -0.25) is 0 Å². The summed E-state index contributed by atoms with van der Waals surface area (Å²) in [5.41, 5.74) is 0. The number of nitrogens with zero attached hydrogens (tertiary/aromatic N) is 1. The van der Waals surface area contributed by atoms with Crippen molar-refractivity contribution in [2.45, 2.75) is 31.0 Å². The predicted molar refractivity (Wildman–Crippen MR) is 73.0 cm³/mol. The lowest BCUT2D eigenvalue weighted by Crippen LogP contribution is -2.39. The Morgan fingerprint density at radius 1 is 1.45 bits per heavy atom. The van der Waals surface area contributed by atoms with E-state index < -0.39 is 22.7 Å². The molecule has 0 amide bonds. The Bertz CT molecular complexity index is 557. The van der Waals surface area contributed by atoms with Crippen molar-refractivity contribution >= 4 is 37.3 Å². The summed E-state index contributed by atoms with van der Waals surface area (Å²) in [6.45, 7) is -0.523. The van der Waals surface area contributed by atoms with Crippen molar-refractivity contribution in [3.05, 3.63) is 14.7 Å². The molecule has 0 spiro atoms. The standard InChI is InChI=1S/C10H13BrF3NO3S2/c1-2-3-15(6-10(12,13)14)20(17,18)8-4-7(5-16)19-9(8)11/h4,16H,2-3,5-6H2,1H3. The van der Waals surface area contributed by atoms with Crippen LogP contribution in [0.25, 0.3) is 0 Å². The number of hydrogen-bond donors (Lipinski definition) is 1. The molecular weight excluding hydrogens is 383 g/mol. The molecule has 1 heterocycles. The van der Waals surface area contributed by atoms with Crippen molar-refractivity contribution in [3.63, 3.8) is 0 Å². The molecule has 0 aromatic carbocycles. The summed E-state index contributed by atoms with van der Waals surface area (Å²) in [5.74, 6) is 0. The third-order valence-corrected chi connectivity index (χ3v) is 6.39. The van der Waals surface area contributed by atoms with Gasteiger partial charge >= 0.3 is 6.18 Å². The van der Waals surface area contributed by atoms with E-state index in [0.29, 0.717) is 9.18 Å². The molecule has 1 aromatic heterocycles. The first-order valence-corrected chi connectivity index (χ1v) is 8.62. The van der Waals surface area contributed by atoms with Crippen LogP contribution in [0.2, 0.25) is 0 Å². The number of rotatable bonds is 6. The van der Waals surface area contributed by atoms with Crippen LogP contribution in [-0.2, 0) is 16.6 Å². The molecule has 0 fully saturated rings. The van der Waals surface area contributed by atoms with Crippen LogP contribution in [0.3, 0.4) is 0 Å². The highest BCUT2D eigenvalue weighted by Gasteiger charge is 2.37. The van der Waals surface area contributed by atoms with E-state index >= 15 is 0 Å². The van der Waals surface area contributed by atoms with Gasteiger partial charge < -0.3 is 5.11 Å². The Hall–Kier alpha value is -0.160. The van der Waals surface area contributed by atoms with E-state index in [1.165, 1.54) is 6.07 Å². The minimum absolute atomic E-state index is 0.185. The molecule has 1 N–H and O–H groups in total. The van der Waals surface area contributed by atoms with Crippen molar-refractivity contribution in [1.29, 1.82) is 0 Å². The lowest BCUT2D eigenvalue weighted by atomic mass is 10.5. The number of thiophene rings is 1. The summed E-state index contributed by atoms with van der Waals surface area (Å²) in [7, 11) is -4.25. The molecule has 0 unspecified atom stereocenters. The van der Waals surface area contributed by atoms with Gasteiger partial charge in [-0.05, 0) is 28.4 Å². The molecule has 20 heavy (non-hydrogen) atoms. The zero-order chi connectivity index (χ0) is 15.6. The molecule has 0 radical (unpaired) electrons. The van der Waals surface area contributed by atoms with E-state index in [0.717, 1.165) is 11.3 Å². The van der Waals surface area contributed by atoms with Crippen LogP contribution in [0.4, 0.5) is 13.2 Å². The summed E-state index contributed by atoms with van der Waals surface area (Å²) in [6.07, 6.45) is -4.34. The fraction of sp³-hybridized carbons (Fsp3) is 0.600. The first-order valence-electron chi connectivity index (χ1n) is 5.57. The Labute approximate surface area is 127 Å². The van der Waals surface area contributed by atoms with E-state index in [9.17, 15) is 21.6 Å². The third-order valence-electron chi connectivity index (χ3n) is 2.31. The Kier molecular flexibility index (Phi) is 6.02. The van der Waals surface area contributed by atoms with E-state index in [1.807, 2.05) is 0 Å². The summed E-state index contributed by atoms with van der Waals surface area (Å²) in [4.78, 5) is 0.114. The van der Waals surface area contributed by atoms with Gasteiger partial charge in [0.1, 0.15) is 11.4 Å². The molecule has 0 saturated carbocycles. The molecule has 0 aliphatic heterocycles. The van der Waals surface area contributed by atoms with Crippen LogP contribution in [0.1, 0.15) is 18.2 Å². The van der Waals surface area contributed by atoms with Crippen LogP contribution in [-0.4, -0.2) is 37.1 Å². The molecule has 0 atom stereocenters. The van der Waals surface area contributed by atoms with Gasteiger partial charge in [0.25, 0.3) is 0 Å². The molecule has 0 bridgehead atoms. The average Bonchev–Trinajstić information content (AvgIpc) is 2.69. The molecule has 0 saturated heterocycles. The number of hydrogen-bond acceptors (Lipinski definition) is 4. The third kappa shape index (κ3) is 4.42. The number of alkyl halides is 3. The number of aliphatic hydroxyl groups is 1. The number of aliphatic hydroxyl groups excluding tert-OH is 1. The van der Waals surface area contributed by atoms with E-state index in [4.69, 9.17) is 5.11 Å². The predicted octanol–water partition coefficient (Wildman–Crippen LogP) is 2.97. The Balaban J connectivity index is 3.18. The van der Waals surface area contributed by atoms with Crippen LogP contribution in [0.15, 0.2) is 14.7 Å². The van der Waals surface area contributed by atoms with Gasteiger partial charge in [0, 0.05) is 11.4 Å². The van der Waals surface area contributed by atoms with Gasteiger partial charge in [-0.1, -0.05) is 6.92 Å². The fourth-order valence-electron chi connectivity index (χ4n) is 1.52. The van der Waals surface area contributed by atoms with Crippen molar-refractivity contribution in [2.24, 2.45) is 0 Å². The highest BCUT2D eigenvalue weighted by molar-refractivity contribution is 9.11. The molecule has 4 nitrogen and oxygen atoms in total. The quantitative estimate of drug-likeness (QED) is 0.805. The number of sulfonamides is 1. The average molecular weight is 396 g/mol. The van der Waals surface area contributed by atoms with Crippen molar-refractivity contribution in [3.8, 4) is 0 Å². The maximum atomic E-state index is 12.5. The monoisotopic (exact) mass is 395 g/mol. The smallest absolute Gasteiger partial charge is 0.391 e. The molecule has 10 heteroatoms. The van der Waals surface area contributed by atoms with Crippen molar-refractivity contribution in [2.75, 3.05) is 13.1 Å². The van der Waals surface area contributed by atoms with Crippen LogP contribution in [0, 0.1) is 0 Å².